The number of H-pyrrole nitrogens is 1. The minimum atomic E-state index is -0.288. The van der Waals surface area contributed by atoms with Gasteiger partial charge in [0, 0.05) is 36.0 Å². The van der Waals surface area contributed by atoms with Crippen molar-refractivity contribution in [1.29, 1.82) is 0 Å². The molecule has 0 saturated heterocycles. The predicted octanol–water partition coefficient (Wildman–Crippen LogP) is 5.72. The number of carbonyl (C=O) groups is 1. The molecular weight excluding hydrogens is 403 g/mol. The van der Waals surface area contributed by atoms with Gasteiger partial charge in [0.05, 0.1) is 7.11 Å². The molecule has 0 bridgehead atoms. The van der Waals surface area contributed by atoms with Crippen LogP contribution < -0.4 is 10.1 Å². The summed E-state index contributed by atoms with van der Waals surface area (Å²) in [6.07, 6.45) is 3.23. The van der Waals surface area contributed by atoms with E-state index in [1.165, 1.54) is 17.7 Å². The van der Waals surface area contributed by atoms with Crippen molar-refractivity contribution in [2.75, 3.05) is 7.11 Å². The van der Waals surface area contributed by atoms with Crippen molar-refractivity contribution in [3.05, 3.63) is 101 Å². The number of amides is 1. The second-order valence-corrected chi connectivity index (χ2v) is 7.87. The van der Waals surface area contributed by atoms with Gasteiger partial charge in [-0.3, -0.25) is 4.79 Å². The predicted molar refractivity (Wildman–Crippen MR) is 125 cm³/mol. The number of methoxy groups -OCH3 is 1. The Morgan fingerprint density at radius 1 is 1.09 bits per heavy atom. The van der Waals surface area contributed by atoms with Crippen LogP contribution in [0.15, 0.2) is 72.9 Å². The largest absolute Gasteiger partial charge is 0.497 e. The molecule has 164 valence electrons. The summed E-state index contributed by atoms with van der Waals surface area (Å²) in [4.78, 5) is 16.4. The molecule has 5 heteroatoms. The fourth-order valence-electron chi connectivity index (χ4n) is 4.15. The number of carbonyl (C=O) groups excluding carboxylic acids is 1. The van der Waals surface area contributed by atoms with Gasteiger partial charge < -0.3 is 15.0 Å². The Balaban J connectivity index is 1.64. The summed E-state index contributed by atoms with van der Waals surface area (Å²) in [5.41, 5.74) is 5.32. The Bertz CT molecular complexity index is 1210. The lowest BCUT2D eigenvalue weighted by atomic mass is 9.87. The molecule has 1 aromatic heterocycles. The maximum atomic E-state index is 13.1. The van der Waals surface area contributed by atoms with Gasteiger partial charge in [0.15, 0.2) is 0 Å². The van der Waals surface area contributed by atoms with Gasteiger partial charge in [-0.05, 0) is 52.9 Å². The van der Waals surface area contributed by atoms with Crippen LogP contribution in [0.25, 0.3) is 10.9 Å². The summed E-state index contributed by atoms with van der Waals surface area (Å²) in [6, 6.07) is 20.3. The molecule has 3 aromatic carbocycles. The zero-order valence-electron chi connectivity index (χ0n) is 18.3. The molecule has 0 unspecified atom stereocenters. The highest BCUT2D eigenvalue weighted by molar-refractivity contribution is 5.88. The Hall–Kier alpha value is -3.60. The first-order chi connectivity index (χ1) is 15.6. The molecule has 0 saturated carbocycles. The molecular formula is C27H27FN2O2. The molecule has 4 rings (SSSR count). The van der Waals surface area contributed by atoms with Crippen molar-refractivity contribution >= 4 is 16.8 Å². The van der Waals surface area contributed by atoms with Crippen LogP contribution in [-0.4, -0.2) is 18.0 Å². The number of aryl methyl sites for hydroxylation is 1. The van der Waals surface area contributed by atoms with Crippen LogP contribution in [0, 0.1) is 5.82 Å². The van der Waals surface area contributed by atoms with Gasteiger partial charge in [-0.2, -0.15) is 0 Å². The van der Waals surface area contributed by atoms with E-state index in [4.69, 9.17) is 4.74 Å². The van der Waals surface area contributed by atoms with Gasteiger partial charge in [0.2, 0.25) is 5.91 Å². The Morgan fingerprint density at radius 3 is 2.62 bits per heavy atom. The van der Waals surface area contributed by atoms with Gasteiger partial charge in [0.25, 0.3) is 0 Å². The van der Waals surface area contributed by atoms with E-state index in [1.807, 2.05) is 30.5 Å². The first-order valence-electron chi connectivity index (χ1n) is 10.8. The average Bonchev–Trinajstić information content (AvgIpc) is 3.26. The fourth-order valence-corrected chi connectivity index (χ4v) is 4.15. The molecule has 0 fully saturated rings. The lowest BCUT2D eigenvalue weighted by molar-refractivity contribution is -0.121. The third-order valence-corrected chi connectivity index (χ3v) is 5.88. The maximum absolute atomic E-state index is 13.1. The normalized spacial score (nSPS) is 12.0. The standard InChI is InChI=1S/C27H27FN2O2/c1-3-19-6-5-9-23-25(17-30-27(19)23)24(20-7-4-8-22(14-20)32-2)15-26(31)29-16-18-10-12-21(28)13-11-18/h4-14,17,24,30H,3,15-16H2,1-2H3,(H,29,31)/t24-/m1/s1. The third kappa shape index (κ3) is 4.67. The summed E-state index contributed by atoms with van der Waals surface area (Å²) in [7, 11) is 1.64. The van der Waals surface area contributed by atoms with E-state index in [-0.39, 0.29) is 24.1 Å². The van der Waals surface area contributed by atoms with E-state index in [1.54, 1.807) is 19.2 Å². The first-order valence-corrected chi connectivity index (χ1v) is 10.8. The zero-order valence-corrected chi connectivity index (χ0v) is 18.3. The average molecular weight is 431 g/mol. The van der Waals surface area contributed by atoms with Crippen LogP contribution in [-0.2, 0) is 17.8 Å². The van der Waals surface area contributed by atoms with Crippen LogP contribution in [0.1, 0.15) is 41.5 Å². The monoisotopic (exact) mass is 430 g/mol. The number of hydrogen-bond donors (Lipinski definition) is 2. The zero-order chi connectivity index (χ0) is 22.5. The van der Waals surface area contributed by atoms with Crippen LogP contribution in [0.4, 0.5) is 4.39 Å². The number of nitrogens with one attached hydrogen (secondary N) is 2. The van der Waals surface area contributed by atoms with E-state index < -0.39 is 0 Å². The number of para-hydroxylation sites is 1. The summed E-state index contributed by atoms with van der Waals surface area (Å²) >= 11 is 0. The SMILES string of the molecule is CCc1cccc2c([C@H](CC(=O)NCc3ccc(F)cc3)c3cccc(OC)c3)c[nH]c12. The number of ether oxygens (including phenoxy) is 1. The second kappa shape index (κ2) is 9.69. The molecule has 1 heterocycles. The van der Waals surface area contributed by atoms with E-state index >= 15 is 0 Å². The fraction of sp³-hybridized carbons (Fsp3) is 0.222. The van der Waals surface area contributed by atoms with Crippen LogP contribution in [0.3, 0.4) is 0 Å². The summed E-state index contributed by atoms with van der Waals surface area (Å²) in [6.45, 7) is 2.50. The molecule has 0 aliphatic carbocycles. The quantitative estimate of drug-likeness (QED) is 0.376. The van der Waals surface area contributed by atoms with Crippen molar-refractivity contribution in [3.8, 4) is 5.75 Å². The van der Waals surface area contributed by atoms with Gasteiger partial charge in [-0.1, -0.05) is 49.4 Å². The van der Waals surface area contributed by atoms with Gasteiger partial charge in [-0.25, -0.2) is 4.39 Å². The van der Waals surface area contributed by atoms with Crippen LogP contribution in [0.2, 0.25) is 0 Å². The van der Waals surface area contributed by atoms with Crippen LogP contribution >= 0.6 is 0 Å². The minimum absolute atomic E-state index is 0.0665. The van der Waals surface area contributed by atoms with Crippen LogP contribution in [0.5, 0.6) is 5.75 Å². The summed E-state index contributed by atoms with van der Waals surface area (Å²) in [5.74, 6) is 0.263. The van der Waals surface area contributed by atoms with Crippen molar-refractivity contribution in [2.24, 2.45) is 0 Å². The molecule has 0 spiro atoms. The van der Waals surface area contributed by atoms with Crippen molar-refractivity contribution in [3.63, 3.8) is 0 Å². The number of aromatic nitrogens is 1. The highest BCUT2D eigenvalue weighted by Gasteiger charge is 2.22. The molecule has 4 nitrogen and oxygen atoms in total. The number of aromatic amines is 1. The molecule has 2 N–H and O–H groups in total. The van der Waals surface area contributed by atoms with E-state index in [0.29, 0.717) is 6.54 Å². The minimum Gasteiger partial charge on any atom is -0.497 e. The topological polar surface area (TPSA) is 54.1 Å². The number of halogens is 1. The Kier molecular flexibility index (Phi) is 6.55. The molecule has 0 radical (unpaired) electrons. The van der Waals surface area contributed by atoms with E-state index in [2.05, 4.69) is 35.4 Å². The molecule has 0 aliphatic heterocycles. The lowest BCUT2D eigenvalue weighted by Crippen LogP contribution is -2.25. The number of benzene rings is 3. The van der Waals surface area contributed by atoms with Gasteiger partial charge in [0.1, 0.15) is 11.6 Å². The smallest absolute Gasteiger partial charge is 0.221 e. The first kappa shape index (κ1) is 21.6. The lowest BCUT2D eigenvalue weighted by Gasteiger charge is -2.18. The van der Waals surface area contributed by atoms with Crippen molar-refractivity contribution < 1.29 is 13.9 Å². The highest BCUT2D eigenvalue weighted by Crippen LogP contribution is 2.35. The Morgan fingerprint density at radius 2 is 1.88 bits per heavy atom. The number of fused-ring (bicyclic) bond motifs is 1. The summed E-state index contributed by atoms with van der Waals surface area (Å²) in [5, 5.41) is 4.11. The molecule has 32 heavy (non-hydrogen) atoms. The molecule has 1 amide bonds. The van der Waals surface area contributed by atoms with Crippen molar-refractivity contribution in [2.45, 2.75) is 32.2 Å². The van der Waals surface area contributed by atoms with E-state index in [0.717, 1.165) is 39.8 Å². The Labute approximate surface area is 187 Å². The third-order valence-electron chi connectivity index (χ3n) is 5.88. The summed E-state index contributed by atoms with van der Waals surface area (Å²) < 4.78 is 18.6. The maximum Gasteiger partial charge on any atom is 0.221 e. The van der Waals surface area contributed by atoms with Gasteiger partial charge >= 0.3 is 0 Å². The molecule has 0 aliphatic rings. The molecule has 1 atom stereocenters. The highest BCUT2D eigenvalue weighted by atomic mass is 19.1. The number of hydrogen-bond acceptors (Lipinski definition) is 2. The van der Waals surface area contributed by atoms with E-state index in [9.17, 15) is 9.18 Å². The van der Waals surface area contributed by atoms with Crippen molar-refractivity contribution in [1.82, 2.24) is 10.3 Å². The molecule has 4 aromatic rings. The second-order valence-electron chi connectivity index (χ2n) is 7.87. The van der Waals surface area contributed by atoms with Gasteiger partial charge in [-0.15, -0.1) is 0 Å². The number of rotatable bonds is 8.